The number of nitrogens with zero attached hydrogens (tertiary/aromatic N) is 1. The first-order valence-corrected chi connectivity index (χ1v) is 14.1. The van der Waals surface area contributed by atoms with Crippen molar-refractivity contribution in [3.05, 3.63) is 0 Å². The molecule has 0 aromatic carbocycles. The van der Waals surface area contributed by atoms with Crippen molar-refractivity contribution in [2.45, 2.75) is 124 Å². The molecule has 0 aliphatic heterocycles. The molecule has 5 heteroatoms. The predicted octanol–water partition coefficient (Wildman–Crippen LogP) is 6.59. The van der Waals surface area contributed by atoms with Gasteiger partial charge in [0, 0.05) is 24.7 Å². The molecule has 0 heterocycles. The van der Waals surface area contributed by atoms with E-state index >= 15 is 0 Å². The number of fused-ring (bicyclic) bond motifs is 5. The molecule has 0 spiro atoms. The third-order valence-electron chi connectivity index (χ3n) is 11.2. The van der Waals surface area contributed by atoms with Gasteiger partial charge < -0.3 is 15.1 Å². The number of hydrogen-bond acceptors (Lipinski definition) is 5. The van der Waals surface area contributed by atoms with Crippen LogP contribution in [-0.2, 0) is 9.53 Å². The van der Waals surface area contributed by atoms with Crippen molar-refractivity contribution >= 4 is 11.7 Å². The first-order valence-electron chi connectivity index (χ1n) is 14.1. The van der Waals surface area contributed by atoms with E-state index in [1.807, 2.05) is 0 Å². The zero-order valence-corrected chi connectivity index (χ0v) is 22.5. The van der Waals surface area contributed by atoms with Crippen LogP contribution in [0, 0.1) is 46.3 Å². The molecule has 4 fully saturated rings. The Hall–Kier alpha value is -1.10. The molecule has 34 heavy (non-hydrogen) atoms. The van der Waals surface area contributed by atoms with E-state index in [4.69, 9.17) is 4.74 Å². The predicted molar refractivity (Wildman–Crippen MR) is 135 cm³/mol. The molecule has 4 saturated carbocycles. The summed E-state index contributed by atoms with van der Waals surface area (Å²) in [4.78, 5) is 12.2. The molecule has 0 radical (unpaired) electrons. The van der Waals surface area contributed by atoms with Crippen molar-refractivity contribution in [2.24, 2.45) is 51.5 Å². The fraction of sp³-hybridized carbons (Fsp3) is 0.931. The van der Waals surface area contributed by atoms with Crippen molar-refractivity contribution in [2.75, 3.05) is 0 Å². The number of rotatable bonds is 6. The van der Waals surface area contributed by atoms with Crippen LogP contribution in [0.3, 0.4) is 0 Å². The number of hydrogen-bond donors (Lipinski definition) is 2. The van der Waals surface area contributed by atoms with Gasteiger partial charge in [0.15, 0.2) is 0 Å². The van der Waals surface area contributed by atoms with Crippen molar-refractivity contribution in [3.63, 3.8) is 0 Å². The summed E-state index contributed by atoms with van der Waals surface area (Å²) in [5.41, 5.74) is -0.771. The Balaban J connectivity index is 1.64. The van der Waals surface area contributed by atoms with Gasteiger partial charge in [-0.05, 0) is 80.0 Å². The summed E-state index contributed by atoms with van der Waals surface area (Å²) < 4.78 is 6.02. The summed E-state index contributed by atoms with van der Waals surface area (Å²) in [5, 5.41) is 25.4. The minimum atomic E-state index is -1.20. The summed E-state index contributed by atoms with van der Waals surface area (Å²) in [5.74, 6) is 3.02. The second-order valence-corrected chi connectivity index (χ2v) is 13.4. The maximum Gasteiger partial charge on any atom is 0.302 e. The largest absolute Gasteiger partial charge is 0.462 e. The fourth-order valence-corrected chi connectivity index (χ4v) is 9.58. The molecule has 4 aliphatic carbocycles. The number of esters is 1. The lowest BCUT2D eigenvalue weighted by Gasteiger charge is -2.64. The van der Waals surface area contributed by atoms with E-state index in [2.05, 4.69) is 39.8 Å². The van der Waals surface area contributed by atoms with Crippen LogP contribution >= 0.6 is 0 Å². The Labute approximate surface area is 207 Å². The van der Waals surface area contributed by atoms with Crippen LogP contribution in [0.1, 0.15) is 112 Å². The highest BCUT2D eigenvalue weighted by molar-refractivity contribution is 5.94. The van der Waals surface area contributed by atoms with Crippen LogP contribution in [0.4, 0.5) is 0 Å². The Morgan fingerprint density at radius 2 is 1.85 bits per heavy atom. The summed E-state index contributed by atoms with van der Waals surface area (Å²) in [7, 11) is 0. The minimum Gasteiger partial charge on any atom is -0.462 e. The van der Waals surface area contributed by atoms with Crippen LogP contribution in [0.15, 0.2) is 5.16 Å². The standard InChI is InChI=1S/C29H49NO4/c1-18(2)9-7-10-19(3)21-12-13-22-26-23(14-16-27(21,22)5)28(6)15-8-11-25(30-33)29(28,32)17-24(26)34-20(4)31/h18-19,21-24,26,32-33H,7-17H2,1-6H3/b30-25+/t19-,21-,22+,23+,24-,26+,27-,28-,29-/m1/s1. The molecule has 9 atom stereocenters. The quantitative estimate of drug-likeness (QED) is 0.258. The normalized spacial score (nSPS) is 46.0. The topological polar surface area (TPSA) is 79.1 Å². The molecular weight excluding hydrogens is 426 g/mol. The molecule has 194 valence electrons. The molecule has 0 unspecified atom stereocenters. The van der Waals surface area contributed by atoms with Crippen LogP contribution in [-0.4, -0.2) is 33.7 Å². The van der Waals surface area contributed by atoms with Crippen LogP contribution in [0.5, 0.6) is 0 Å². The smallest absolute Gasteiger partial charge is 0.302 e. The van der Waals surface area contributed by atoms with E-state index in [-0.39, 0.29) is 34.7 Å². The highest BCUT2D eigenvalue weighted by Crippen LogP contribution is 2.69. The molecule has 4 aliphatic rings. The van der Waals surface area contributed by atoms with Crippen molar-refractivity contribution < 1.29 is 19.8 Å². The van der Waals surface area contributed by atoms with Gasteiger partial charge >= 0.3 is 5.97 Å². The molecule has 4 rings (SSSR count). The van der Waals surface area contributed by atoms with Gasteiger partial charge in [0.05, 0.1) is 5.71 Å². The maximum absolute atomic E-state index is 12.2. The van der Waals surface area contributed by atoms with Crippen LogP contribution < -0.4 is 0 Å². The number of aliphatic hydroxyl groups is 1. The van der Waals surface area contributed by atoms with Crippen molar-refractivity contribution in [3.8, 4) is 0 Å². The lowest BCUT2D eigenvalue weighted by molar-refractivity contribution is -0.216. The zero-order valence-electron chi connectivity index (χ0n) is 22.5. The molecule has 5 nitrogen and oxygen atoms in total. The highest BCUT2D eigenvalue weighted by Gasteiger charge is 2.68. The Morgan fingerprint density at radius 1 is 1.12 bits per heavy atom. The fourth-order valence-electron chi connectivity index (χ4n) is 9.58. The molecule has 0 aromatic rings. The number of carbonyl (C=O) groups excluding carboxylic acids is 1. The van der Waals surface area contributed by atoms with Gasteiger partial charge in [-0.2, -0.15) is 0 Å². The summed E-state index contributed by atoms with van der Waals surface area (Å²) in [6.45, 7) is 13.3. The monoisotopic (exact) mass is 475 g/mol. The van der Waals surface area contributed by atoms with E-state index in [1.54, 1.807) is 0 Å². The van der Waals surface area contributed by atoms with Crippen LogP contribution in [0.2, 0.25) is 0 Å². The molecule has 0 bridgehead atoms. The molecule has 2 N–H and O–H groups in total. The van der Waals surface area contributed by atoms with Gasteiger partial charge in [-0.1, -0.05) is 59.0 Å². The second kappa shape index (κ2) is 9.41. The Kier molecular flexibility index (Phi) is 7.19. The molecule has 0 aromatic heterocycles. The lowest BCUT2D eigenvalue weighted by Crippen LogP contribution is -2.68. The average molecular weight is 476 g/mol. The molecule has 0 amide bonds. The van der Waals surface area contributed by atoms with Crippen molar-refractivity contribution in [1.82, 2.24) is 0 Å². The van der Waals surface area contributed by atoms with Crippen molar-refractivity contribution in [1.29, 1.82) is 0 Å². The van der Waals surface area contributed by atoms with Gasteiger partial charge in [0.25, 0.3) is 0 Å². The number of oxime groups is 1. The van der Waals surface area contributed by atoms with E-state index in [0.717, 1.165) is 37.0 Å². The highest BCUT2D eigenvalue weighted by atomic mass is 16.5. The van der Waals surface area contributed by atoms with E-state index in [1.165, 1.54) is 45.4 Å². The first kappa shape index (κ1) is 26.0. The Bertz CT molecular complexity index is 795. The third kappa shape index (κ3) is 4.02. The summed E-state index contributed by atoms with van der Waals surface area (Å²) in [6, 6.07) is 0. The van der Waals surface area contributed by atoms with Gasteiger partial charge in [-0.3, -0.25) is 4.79 Å². The van der Waals surface area contributed by atoms with Gasteiger partial charge in [-0.15, -0.1) is 0 Å². The van der Waals surface area contributed by atoms with Gasteiger partial charge in [0.2, 0.25) is 0 Å². The summed E-state index contributed by atoms with van der Waals surface area (Å²) >= 11 is 0. The SMILES string of the molecule is CC(=O)O[C@@H]1C[C@@]2(O)/C(=N/O)CCC[C@]2(C)[C@H]2CC[C@]3(C)[C@@H]([C@H](C)CCCC(C)C)CC[C@H]3[C@H]12. The van der Waals surface area contributed by atoms with Gasteiger partial charge in [0.1, 0.15) is 11.7 Å². The summed E-state index contributed by atoms with van der Waals surface area (Å²) in [6.07, 6.45) is 11.2. The third-order valence-corrected chi connectivity index (χ3v) is 11.2. The maximum atomic E-state index is 12.2. The molecule has 0 saturated heterocycles. The average Bonchev–Trinajstić information content (AvgIpc) is 3.10. The first-order chi connectivity index (χ1) is 16.0. The van der Waals surface area contributed by atoms with E-state index in [9.17, 15) is 15.1 Å². The minimum absolute atomic E-state index is 0.266. The number of carbonyl (C=O) groups is 1. The lowest BCUT2D eigenvalue weighted by atomic mass is 9.42. The number of ether oxygens (including phenoxy) is 1. The van der Waals surface area contributed by atoms with E-state index < -0.39 is 5.60 Å². The van der Waals surface area contributed by atoms with Gasteiger partial charge in [-0.25, -0.2) is 0 Å². The zero-order chi connectivity index (χ0) is 24.9. The second-order valence-electron chi connectivity index (χ2n) is 13.4. The van der Waals surface area contributed by atoms with E-state index in [0.29, 0.717) is 24.5 Å². The van der Waals surface area contributed by atoms with Crippen LogP contribution in [0.25, 0.3) is 0 Å². The molecular formula is C29H49NO4. The Morgan fingerprint density at radius 3 is 2.50 bits per heavy atom.